The van der Waals surface area contributed by atoms with Crippen molar-refractivity contribution in [2.24, 2.45) is 23.5 Å². The first-order valence-corrected chi connectivity index (χ1v) is 6.11. The average Bonchev–Trinajstić information content (AvgIpc) is 2.53. The van der Waals surface area contributed by atoms with Gasteiger partial charge in [0, 0.05) is 5.94 Å². The first kappa shape index (κ1) is 10.1. The standard InChI is InChI=1S/C11H20BNO2/c1-6-8-4-9(6)11(3)10(5-8)14-12(15-11)7(2)13/h6-10H,4-5,13H2,1-3H3/t6?,7-,8-,9-,10+,11-/m0/s1. The van der Waals surface area contributed by atoms with Gasteiger partial charge >= 0.3 is 7.12 Å². The summed E-state index contributed by atoms with van der Waals surface area (Å²) in [4.78, 5) is 0. The van der Waals surface area contributed by atoms with Crippen molar-refractivity contribution in [2.45, 2.75) is 51.3 Å². The van der Waals surface area contributed by atoms with Gasteiger partial charge in [-0.05, 0) is 37.5 Å². The summed E-state index contributed by atoms with van der Waals surface area (Å²) in [6.07, 6.45) is 2.77. The van der Waals surface area contributed by atoms with E-state index in [1.807, 2.05) is 6.92 Å². The van der Waals surface area contributed by atoms with Crippen molar-refractivity contribution in [3.8, 4) is 0 Å². The Morgan fingerprint density at radius 1 is 1.47 bits per heavy atom. The van der Waals surface area contributed by atoms with Crippen LogP contribution in [0.2, 0.25) is 0 Å². The summed E-state index contributed by atoms with van der Waals surface area (Å²) in [5, 5.41) is 0. The van der Waals surface area contributed by atoms with Crippen LogP contribution < -0.4 is 5.73 Å². The molecular formula is C11H20BNO2. The maximum atomic E-state index is 6.09. The minimum Gasteiger partial charge on any atom is -0.404 e. The fourth-order valence-corrected chi connectivity index (χ4v) is 3.73. The Hall–Kier alpha value is -0.0551. The largest absolute Gasteiger partial charge is 0.475 e. The highest BCUT2D eigenvalue weighted by Crippen LogP contribution is 2.59. The molecule has 6 atom stereocenters. The molecule has 2 N–H and O–H groups in total. The smallest absolute Gasteiger partial charge is 0.404 e. The van der Waals surface area contributed by atoms with Gasteiger partial charge in [0.15, 0.2) is 0 Å². The molecule has 0 aromatic heterocycles. The van der Waals surface area contributed by atoms with Gasteiger partial charge in [0.2, 0.25) is 0 Å². The van der Waals surface area contributed by atoms with Gasteiger partial charge in [-0.25, -0.2) is 0 Å². The lowest BCUT2D eigenvalue weighted by atomic mass is 9.51. The zero-order chi connectivity index (χ0) is 10.8. The second-order valence-electron chi connectivity index (χ2n) is 5.85. The molecule has 15 heavy (non-hydrogen) atoms. The predicted molar refractivity (Wildman–Crippen MR) is 59.1 cm³/mol. The van der Waals surface area contributed by atoms with E-state index in [0.717, 1.165) is 18.3 Å². The van der Waals surface area contributed by atoms with Crippen molar-refractivity contribution in [3.63, 3.8) is 0 Å². The Kier molecular flexibility index (Phi) is 2.02. The van der Waals surface area contributed by atoms with Crippen LogP contribution in [0.25, 0.3) is 0 Å². The van der Waals surface area contributed by atoms with Gasteiger partial charge in [-0.3, -0.25) is 0 Å². The van der Waals surface area contributed by atoms with E-state index < -0.39 is 0 Å². The molecule has 0 radical (unpaired) electrons. The van der Waals surface area contributed by atoms with Crippen LogP contribution >= 0.6 is 0 Å². The lowest BCUT2D eigenvalue weighted by molar-refractivity contribution is -0.152. The summed E-state index contributed by atoms with van der Waals surface area (Å²) in [5.74, 6) is 2.33. The Bertz CT molecular complexity index is 286. The lowest BCUT2D eigenvalue weighted by Gasteiger charge is -2.58. The summed E-state index contributed by atoms with van der Waals surface area (Å²) >= 11 is 0. The number of hydrogen-bond acceptors (Lipinski definition) is 3. The zero-order valence-corrected chi connectivity index (χ0v) is 9.77. The van der Waals surface area contributed by atoms with Gasteiger partial charge in [-0.1, -0.05) is 13.8 Å². The van der Waals surface area contributed by atoms with E-state index in [1.54, 1.807) is 0 Å². The second kappa shape index (κ2) is 2.99. The third kappa shape index (κ3) is 1.19. The predicted octanol–water partition coefficient (Wildman–Crippen LogP) is 1.21. The molecule has 1 aliphatic heterocycles. The molecule has 0 spiro atoms. The summed E-state index contributed by atoms with van der Waals surface area (Å²) in [5.41, 5.74) is 5.79. The van der Waals surface area contributed by atoms with E-state index in [0.29, 0.717) is 5.92 Å². The fourth-order valence-electron chi connectivity index (χ4n) is 3.73. The van der Waals surface area contributed by atoms with Gasteiger partial charge in [0.1, 0.15) is 0 Å². The molecule has 4 fully saturated rings. The van der Waals surface area contributed by atoms with Crippen molar-refractivity contribution < 1.29 is 9.31 Å². The Morgan fingerprint density at radius 3 is 2.80 bits per heavy atom. The molecule has 3 saturated carbocycles. The molecule has 4 rings (SSSR count). The summed E-state index contributed by atoms with van der Waals surface area (Å²) in [7, 11) is -0.188. The van der Waals surface area contributed by atoms with Crippen LogP contribution in [0.1, 0.15) is 33.6 Å². The highest BCUT2D eigenvalue weighted by molar-refractivity contribution is 6.47. The number of rotatable bonds is 1. The van der Waals surface area contributed by atoms with E-state index in [1.165, 1.54) is 6.42 Å². The van der Waals surface area contributed by atoms with Crippen LogP contribution in [-0.4, -0.2) is 24.8 Å². The molecule has 0 amide bonds. The Morgan fingerprint density at radius 2 is 2.20 bits per heavy atom. The number of hydrogen-bond donors (Lipinski definition) is 1. The van der Waals surface area contributed by atoms with Crippen molar-refractivity contribution in [3.05, 3.63) is 0 Å². The molecule has 3 nitrogen and oxygen atoms in total. The van der Waals surface area contributed by atoms with Gasteiger partial charge in [0.25, 0.3) is 0 Å². The number of nitrogens with two attached hydrogens (primary N) is 1. The molecule has 3 aliphatic carbocycles. The molecule has 0 aromatic carbocycles. The van der Waals surface area contributed by atoms with Crippen molar-refractivity contribution in [1.29, 1.82) is 0 Å². The third-order valence-electron chi connectivity index (χ3n) is 4.93. The molecule has 1 heterocycles. The minimum atomic E-state index is -0.188. The normalized spacial score (nSPS) is 54.8. The van der Waals surface area contributed by atoms with Crippen LogP contribution in [-0.2, 0) is 9.31 Å². The van der Waals surface area contributed by atoms with Gasteiger partial charge in [0.05, 0.1) is 11.7 Å². The van der Waals surface area contributed by atoms with Crippen LogP contribution in [0, 0.1) is 17.8 Å². The van der Waals surface area contributed by atoms with E-state index in [2.05, 4.69) is 13.8 Å². The maximum Gasteiger partial charge on any atom is 0.475 e. The average molecular weight is 209 g/mol. The first-order chi connectivity index (χ1) is 7.02. The highest BCUT2D eigenvalue weighted by atomic mass is 16.7. The van der Waals surface area contributed by atoms with Crippen molar-refractivity contribution in [1.82, 2.24) is 0 Å². The van der Waals surface area contributed by atoms with Crippen LogP contribution in [0.4, 0.5) is 0 Å². The summed E-state index contributed by atoms with van der Waals surface area (Å²) < 4.78 is 12.0. The van der Waals surface area contributed by atoms with Crippen molar-refractivity contribution >= 4 is 7.12 Å². The minimum absolute atomic E-state index is 0.0278. The first-order valence-electron chi connectivity index (χ1n) is 6.11. The van der Waals surface area contributed by atoms with Crippen LogP contribution in [0.3, 0.4) is 0 Å². The van der Waals surface area contributed by atoms with Crippen molar-refractivity contribution in [2.75, 3.05) is 0 Å². The van der Waals surface area contributed by atoms with E-state index >= 15 is 0 Å². The van der Waals surface area contributed by atoms with Crippen LogP contribution in [0.5, 0.6) is 0 Å². The fraction of sp³-hybridized carbons (Fsp3) is 1.00. The maximum absolute atomic E-state index is 6.09. The topological polar surface area (TPSA) is 44.5 Å². The zero-order valence-electron chi connectivity index (χ0n) is 9.77. The molecule has 2 bridgehead atoms. The molecule has 4 aliphatic rings. The van der Waals surface area contributed by atoms with Gasteiger partial charge in [-0.2, -0.15) is 0 Å². The van der Waals surface area contributed by atoms with E-state index in [4.69, 9.17) is 15.0 Å². The van der Waals surface area contributed by atoms with Gasteiger partial charge < -0.3 is 15.0 Å². The van der Waals surface area contributed by atoms with Crippen LogP contribution in [0.15, 0.2) is 0 Å². The van der Waals surface area contributed by atoms with Gasteiger partial charge in [-0.15, -0.1) is 0 Å². The SMILES string of the molecule is CC1[C@@H]2C[C@H]3OB([C@H](C)N)O[C@@]3(C)[C@H]1C2. The Balaban J connectivity index is 1.83. The molecule has 4 heteroatoms. The molecular weight excluding hydrogens is 189 g/mol. The summed E-state index contributed by atoms with van der Waals surface area (Å²) in [6, 6.07) is 0. The second-order valence-corrected chi connectivity index (χ2v) is 5.85. The highest BCUT2D eigenvalue weighted by Gasteiger charge is 2.63. The van der Waals surface area contributed by atoms with E-state index in [-0.39, 0.29) is 24.8 Å². The Labute approximate surface area is 91.8 Å². The monoisotopic (exact) mass is 209 g/mol. The lowest BCUT2D eigenvalue weighted by Crippen LogP contribution is -2.60. The van der Waals surface area contributed by atoms with E-state index in [9.17, 15) is 0 Å². The molecule has 84 valence electrons. The third-order valence-corrected chi connectivity index (χ3v) is 4.93. The molecule has 1 saturated heterocycles. The quantitative estimate of drug-likeness (QED) is 0.660. The summed E-state index contributed by atoms with van der Waals surface area (Å²) in [6.45, 7) is 6.53. The molecule has 0 aromatic rings. The molecule has 1 unspecified atom stereocenters.